The summed E-state index contributed by atoms with van der Waals surface area (Å²) in [6, 6.07) is 14.6. The van der Waals surface area contributed by atoms with E-state index < -0.39 is 0 Å². The van der Waals surface area contributed by atoms with Gasteiger partial charge in [-0.3, -0.25) is 9.20 Å². The van der Waals surface area contributed by atoms with Crippen LogP contribution < -0.4 is 5.56 Å². The number of benzene rings is 2. The number of hydrogen-bond donors (Lipinski definition) is 0. The second-order valence-corrected chi connectivity index (χ2v) is 8.45. The molecule has 7 heteroatoms. The zero-order valence-electron chi connectivity index (χ0n) is 18.0. The summed E-state index contributed by atoms with van der Waals surface area (Å²) in [5.41, 5.74) is 3.92. The van der Waals surface area contributed by atoms with Crippen LogP contribution in [0.5, 0.6) is 0 Å². The van der Waals surface area contributed by atoms with E-state index in [1.165, 1.54) is 12.1 Å². The minimum Gasteiger partial charge on any atom is -0.381 e. The molecule has 4 aromatic rings. The molecule has 1 aliphatic rings. The predicted octanol–water partition coefficient (Wildman–Crippen LogP) is 3.87. The van der Waals surface area contributed by atoms with Gasteiger partial charge < -0.3 is 9.30 Å². The lowest BCUT2D eigenvalue weighted by molar-refractivity contribution is 0.0834. The Balaban J connectivity index is 1.64. The van der Waals surface area contributed by atoms with Crippen LogP contribution in [0.3, 0.4) is 0 Å². The highest BCUT2D eigenvalue weighted by molar-refractivity contribution is 5.39. The first-order chi connectivity index (χ1) is 15.6. The van der Waals surface area contributed by atoms with Gasteiger partial charge in [0.1, 0.15) is 11.6 Å². The van der Waals surface area contributed by atoms with Crippen molar-refractivity contribution < 1.29 is 9.13 Å². The third-order valence-corrected chi connectivity index (χ3v) is 6.07. The van der Waals surface area contributed by atoms with Crippen LogP contribution in [0.25, 0.3) is 5.65 Å². The molecule has 0 atom stereocenters. The van der Waals surface area contributed by atoms with E-state index in [9.17, 15) is 9.18 Å². The van der Waals surface area contributed by atoms with Crippen LogP contribution in [-0.4, -0.2) is 32.4 Å². The van der Waals surface area contributed by atoms with Crippen LogP contribution in [0.2, 0.25) is 0 Å². The molecule has 3 heterocycles. The fourth-order valence-electron chi connectivity index (χ4n) is 4.44. The SMILES string of the molecule is Cc1cccc(Cc2cn3c(C4CCOCC4)nnc3c(=O)n2Cc2cccc(F)c2)c1. The van der Waals surface area contributed by atoms with E-state index in [4.69, 9.17) is 4.74 Å². The number of rotatable bonds is 5. The second kappa shape index (κ2) is 8.67. The number of halogens is 1. The summed E-state index contributed by atoms with van der Waals surface area (Å²) in [6.07, 6.45) is 4.28. The molecule has 32 heavy (non-hydrogen) atoms. The van der Waals surface area contributed by atoms with Gasteiger partial charge >= 0.3 is 0 Å². The molecule has 164 valence electrons. The van der Waals surface area contributed by atoms with Crippen LogP contribution in [0.4, 0.5) is 4.39 Å². The molecule has 0 bridgehead atoms. The van der Waals surface area contributed by atoms with E-state index in [0.717, 1.165) is 41.1 Å². The van der Waals surface area contributed by atoms with Gasteiger partial charge in [0, 0.05) is 37.4 Å². The Morgan fingerprint density at radius 2 is 1.84 bits per heavy atom. The van der Waals surface area contributed by atoms with Gasteiger partial charge in [0.2, 0.25) is 5.65 Å². The van der Waals surface area contributed by atoms with Gasteiger partial charge in [-0.1, -0.05) is 42.0 Å². The number of ether oxygens (including phenoxy) is 1. The summed E-state index contributed by atoms with van der Waals surface area (Å²) in [5.74, 6) is 0.703. The van der Waals surface area contributed by atoms with Gasteiger partial charge in [-0.15, -0.1) is 10.2 Å². The fraction of sp³-hybridized carbons (Fsp3) is 0.320. The van der Waals surface area contributed by atoms with Crippen molar-refractivity contribution in [3.05, 3.63) is 99.1 Å². The smallest absolute Gasteiger partial charge is 0.296 e. The molecule has 2 aromatic carbocycles. The summed E-state index contributed by atoms with van der Waals surface area (Å²) in [6.45, 7) is 3.70. The van der Waals surface area contributed by atoms with Crippen molar-refractivity contribution in [3.8, 4) is 0 Å². The monoisotopic (exact) mass is 432 g/mol. The minimum atomic E-state index is -0.318. The maximum atomic E-state index is 13.8. The van der Waals surface area contributed by atoms with Crippen molar-refractivity contribution in [2.45, 2.75) is 38.6 Å². The number of fused-ring (bicyclic) bond motifs is 1. The molecule has 0 spiro atoms. The van der Waals surface area contributed by atoms with Gasteiger partial charge in [-0.2, -0.15) is 0 Å². The van der Waals surface area contributed by atoms with Crippen molar-refractivity contribution in [2.24, 2.45) is 0 Å². The normalized spacial score (nSPS) is 14.8. The van der Waals surface area contributed by atoms with E-state index in [1.807, 2.05) is 22.7 Å². The summed E-state index contributed by atoms with van der Waals surface area (Å²) < 4.78 is 22.8. The lowest BCUT2D eigenvalue weighted by Crippen LogP contribution is -2.27. The molecular formula is C25H25FN4O2. The molecular weight excluding hydrogens is 407 g/mol. The van der Waals surface area contributed by atoms with E-state index in [1.54, 1.807) is 10.6 Å². The quantitative estimate of drug-likeness (QED) is 0.480. The summed E-state index contributed by atoms with van der Waals surface area (Å²) in [5, 5.41) is 8.63. The molecule has 0 amide bonds. The van der Waals surface area contributed by atoms with Gasteiger partial charge in [-0.05, 0) is 43.0 Å². The van der Waals surface area contributed by atoms with Crippen molar-refractivity contribution in [2.75, 3.05) is 13.2 Å². The van der Waals surface area contributed by atoms with Gasteiger partial charge in [0.25, 0.3) is 5.56 Å². The first kappa shape index (κ1) is 20.6. The third kappa shape index (κ3) is 4.08. The molecule has 0 aliphatic carbocycles. The van der Waals surface area contributed by atoms with Crippen LogP contribution in [0.15, 0.2) is 59.5 Å². The maximum Gasteiger partial charge on any atom is 0.296 e. The molecule has 6 nitrogen and oxygen atoms in total. The lowest BCUT2D eigenvalue weighted by Gasteiger charge is -2.21. The van der Waals surface area contributed by atoms with E-state index >= 15 is 0 Å². The Hall–Kier alpha value is -3.32. The van der Waals surface area contributed by atoms with Crippen molar-refractivity contribution in [3.63, 3.8) is 0 Å². The summed E-state index contributed by atoms with van der Waals surface area (Å²) >= 11 is 0. The Bertz CT molecular complexity index is 1320. The molecule has 0 radical (unpaired) electrons. The van der Waals surface area contributed by atoms with Crippen molar-refractivity contribution in [1.29, 1.82) is 0 Å². The lowest BCUT2D eigenvalue weighted by atomic mass is 9.99. The predicted molar refractivity (Wildman–Crippen MR) is 120 cm³/mol. The first-order valence-electron chi connectivity index (χ1n) is 10.9. The summed E-state index contributed by atoms with van der Waals surface area (Å²) in [4.78, 5) is 13.5. The molecule has 0 N–H and O–H groups in total. The molecule has 0 unspecified atom stereocenters. The molecule has 1 saturated heterocycles. The Morgan fingerprint density at radius 1 is 1.06 bits per heavy atom. The van der Waals surface area contributed by atoms with Crippen LogP contribution in [0, 0.1) is 12.7 Å². The average molecular weight is 432 g/mol. The molecule has 2 aromatic heterocycles. The molecule has 0 saturated carbocycles. The molecule has 5 rings (SSSR count). The molecule has 1 fully saturated rings. The number of aromatic nitrogens is 4. The Kier molecular flexibility index (Phi) is 5.57. The van der Waals surface area contributed by atoms with Crippen LogP contribution >= 0.6 is 0 Å². The van der Waals surface area contributed by atoms with E-state index in [-0.39, 0.29) is 23.8 Å². The maximum absolute atomic E-state index is 13.8. The third-order valence-electron chi connectivity index (χ3n) is 6.07. The number of nitrogens with zero attached hydrogens (tertiary/aromatic N) is 4. The van der Waals surface area contributed by atoms with Crippen LogP contribution in [-0.2, 0) is 17.7 Å². The average Bonchev–Trinajstić information content (AvgIpc) is 3.21. The first-order valence-corrected chi connectivity index (χ1v) is 10.9. The highest BCUT2D eigenvalue weighted by Crippen LogP contribution is 2.26. The topological polar surface area (TPSA) is 61.4 Å². The molecule has 1 aliphatic heterocycles. The Morgan fingerprint density at radius 3 is 2.62 bits per heavy atom. The van der Waals surface area contributed by atoms with Crippen molar-refractivity contribution >= 4 is 5.65 Å². The van der Waals surface area contributed by atoms with Crippen LogP contribution in [0.1, 0.15) is 47.0 Å². The highest BCUT2D eigenvalue weighted by atomic mass is 19.1. The zero-order valence-corrected chi connectivity index (χ0v) is 18.0. The number of aryl methyl sites for hydroxylation is 1. The van der Waals surface area contributed by atoms with Crippen molar-refractivity contribution in [1.82, 2.24) is 19.2 Å². The van der Waals surface area contributed by atoms with E-state index in [0.29, 0.717) is 25.3 Å². The summed E-state index contributed by atoms with van der Waals surface area (Å²) in [7, 11) is 0. The fourth-order valence-corrected chi connectivity index (χ4v) is 4.44. The number of hydrogen-bond acceptors (Lipinski definition) is 4. The van der Waals surface area contributed by atoms with Gasteiger partial charge in [0.15, 0.2) is 0 Å². The largest absolute Gasteiger partial charge is 0.381 e. The zero-order chi connectivity index (χ0) is 22.1. The minimum absolute atomic E-state index is 0.212. The second-order valence-electron chi connectivity index (χ2n) is 8.45. The Labute approximate surface area is 185 Å². The van der Waals surface area contributed by atoms with E-state index in [2.05, 4.69) is 35.3 Å². The highest BCUT2D eigenvalue weighted by Gasteiger charge is 2.23. The standard InChI is InChI=1S/C25H25FN4O2/c1-17-4-2-5-18(12-17)14-22-16-30-23(20-8-10-32-11-9-20)27-28-24(30)25(31)29(22)15-19-6-3-7-21(26)13-19/h2-7,12-13,16,20H,8-11,14-15H2,1H3. The van der Waals surface area contributed by atoms with Gasteiger partial charge in [0.05, 0.1) is 6.54 Å². The van der Waals surface area contributed by atoms with Gasteiger partial charge in [-0.25, -0.2) is 4.39 Å².